The number of carbonyl (C=O) groups excluding carboxylic acids is 2. The fraction of sp³-hybridized carbons (Fsp3) is 0.889. The van der Waals surface area contributed by atoms with E-state index in [4.69, 9.17) is 10.7 Å². The molecule has 2 fully saturated rings. The molecular formula is C27H47N3O2. The van der Waals surface area contributed by atoms with Gasteiger partial charge in [-0.3, -0.25) is 14.6 Å². The highest BCUT2D eigenvalue weighted by Crippen LogP contribution is 2.39. The van der Waals surface area contributed by atoms with Crippen LogP contribution in [0.5, 0.6) is 0 Å². The molecule has 1 aliphatic carbocycles. The van der Waals surface area contributed by atoms with Gasteiger partial charge < -0.3 is 10.6 Å². The van der Waals surface area contributed by atoms with Crippen LogP contribution in [0.2, 0.25) is 0 Å². The number of amidine groups is 1. The summed E-state index contributed by atoms with van der Waals surface area (Å²) in [6.07, 6.45) is 16.4. The maximum Gasteiger partial charge on any atom is 0.222 e. The van der Waals surface area contributed by atoms with Gasteiger partial charge in [-0.05, 0) is 56.8 Å². The summed E-state index contributed by atoms with van der Waals surface area (Å²) in [7, 11) is 0. The molecule has 1 saturated heterocycles. The van der Waals surface area contributed by atoms with Crippen LogP contribution in [0.25, 0.3) is 0 Å². The number of nitrogens with two attached hydrogens (primary N) is 1. The molecule has 0 aromatic rings. The lowest BCUT2D eigenvalue weighted by molar-refractivity contribution is -0.135. The zero-order chi connectivity index (χ0) is 23.0. The van der Waals surface area contributed by atoms with Crippen molar-refractivity contribution in [2.75, 3.05) is 13.1 Å². The molecule has 0 radical (unpaired) electrons. The SMILES string of the molecule is CCCCC1(CCCC)N=C(N)CCC(C2CCN(C(=O)CC3CCCCC3)CC2)C1=O. The number of nitrogens with zero attached hydrogens (tertiary/aromatic N) is 2. The quantitative estimate of drug-likeness (QED) is 0.498. The van der Waals surface area contributed by atoms with Gasteiger partial charge in [0.1, 0.15) is 5.54 Å². The van der Waals surface area contributed by atoms with E-state index >= 15 is 0 Å². The smallest absolute Gasteiger partial charge is 0.222 e. The average Bonchev–Trinajstić information content (AvgIpc) is 2.93. The van der Waals surface area contributed by atoms with Crippen LogP contribution in [-0.4, -0.2) is 41.1 Å². The fourth-order valence-electron chi connectivity index (χ4n) is 6.36. The van der Waals surface area contributed by atoms with Crippen LogP contribution in [0.4, 0.5) is 0 Å². The van der Waals surface area contributed by atoms with Gasteiger partial charge in [0.05, 0.1) is 5.84 Å². The second-order valence-corrected chi connectivity index (χ2v) is 10.8. The fourth-order valence-corrected chi connectivity index (χ4v) is 6.36. The van der Waals surface area contributed by atoms with Crippen molar-refractivity contribution in [1.82, 2.24) is 4.90 Å². The first-order valence-electron chi connectivity index (χ1n) is 13.7. The predicted octanol–water partition coefficient (Wildman–Crippen LogP) is 5.65. The Balaban J connectivity index is 1.63. The number of carbonyl (C=O) groups is 2. The number of aliphatic imine (C=N–C) groups is 1. The monoisotopic (exact) mass is 445 g/mol. The number of hydrogen-bond acceptors (Lipinski definition) is 4. The van der Waals surface area contributed by atoms with E-state index in [-0.39, 0.29) is 5.92 Å². The molecule has 0 spiro atoms. The van der Waals surface area contributed by atoms with E-state index in [0.717, 1.165) is 83.7 Å². The highest BCUT2D eigenvalue weighted by molar-refractivity contribution is 5.96. The van der Waals surface area contributed by atoms with Gasteiger partial charge in [0.2, 0.25) is 5.91 Å². The Morgan fingerprint density at radius 1 is 1.00 bits per heavy atom. The van der Waals surface area contributed by atoms with Crippen molar-refractivity contribution in [3.63, 3.8) is 0 Å². The number of rotatable bonds is 9. The molecule has 2 heterocycles. The molecule has 3 rings (SSSR count). The maximum atomic E-state index is 14.0. The van der Waals surface area contributed by atoms with Gasteiger partial charge in [0.25, 0.3) is 0 Å². The van der Waals surface area contributed by atoms with Gasteiger partial charge in [0.15, 0.2) is 5.78 Å². The van der Waals surface area contributed by atoms with E-state index in [2.05, 4.69) is 18.7 Å². The van der Waals surface area contributed by atoms with Gasteiger partial charge >= 0.3 is 0 Å². The first-order valence-corrected chi connectivity index (χ1v) is 13.7. The third kappa shape index (κ3) is 6.35. The number of likely N-dealkylation sites (tertiary alicyclic amines) is 1. The minimum Gasteiger partial charge on any atom is -0.387 e. The predicted molar refractivity (Wildman–Crippen MR) is 132 cm³/mol. The number of unbranched alkanes of at least 4 members (excludes halogenated alkanes) is 2. The Morgan fingerprint density at radius 3 is 2.22 bits per heavy atom. The molecule has 0 aromatic carbocycles. The molecule has 1 amide bonds. The van der Waals surface area contributed by atoms with E-state index in [1.54, 1.807) is 0 Å². The molecule has 1 saturated carbocycles. The molecule has 1 unspecified atom stereocenters. The van der Waals surface area contributed by atoms with Crippen molar-refractivity contribution >= 4 is 17.5 Å². The van der Waals surface area contributed by atoms with Crippen LogP contribution in [-0.2, 0) is 9.59 Å². The summed E-state index contributed by atoms with van der Waals surface area (Å²) in [5, 5.41) is 0. The van der Waals surface area contributed by atoms with Crippen LogP contribution in [0.1, 0.15) is 117 Å². The number of piperidine rings is 1. The van der Waals surface area contributed by atoms with Crippen molar-refractivity contribution in [2.24, 2.45) is 28.5 Å². The Kier molecular flexibility index (Phi) is 9.61. The third-order valence-corrected chi connectivity index (χ3v) is 8.40. The molecule has 32 heavy (non-hydrogen) atoms. The lowest BCUT2D eigenvalue weighted by atomic mass is 9.71. The minimum atomic E-state index is -0.606. The lowest BCUT2D eigenvalue weighted by Gasteiger charge is -2.39. The van der Waals surface area contributed by atoms with E-state index < -0.39 is 5.54 Å². The molecule has 5 nitrogen and oxygen atoms in total. The highest BCUT2D eigenvalue weighted by atomic mass is 16.2. The molecule has 0 aromatic heterocycles. The number of ketones is 1. The molecule has 2 N–H and O–H groups in total. The summed E-state index contributed by atoms with van der Waals surface area (Å²) in [5.41, 5.74) is 5.70. The second kappa shape index (κ2) is 12.2. The van der Waals surface area contributed by atoms with Crippen molar-refractivity contribution in [1.29, 1.82) is 0 Å². The van der Waals surface area contributed by atoms with E-state index in [9.17, 15) is 9.59 Å². The second-order valence-electron chi connectivity index (χ2n) is 10.8. The zero-order valence-electron chi connectivity index (χ0n) is 20.7. The van der Waals surface area contributed by atoms with Gasteiger partial charge in [0, 0.05) is 31.8 Å². The van der Waals surface area contributed by atoms with Gasteiger partial charge in [-0.1, -0.05) is 58.8 Å². The average molecular weight is 446 g/mol. The summed E-state index contributed by atoms with van der Waals surface area (Å²) in [4.78, 5) is 33.8. The number of amides is 1. The molecule has 5 heteroatoms. The third-order valence-electron chi connectivity index (χ3n) is 8.40. The largest absolute Gasteiger partial charge is 0.387 e. The Labute approximate surface area is 196 Å². The van der Waals surface area contributed by atoms with Crippen LogP contribution >= 0.6 is 0 Å². The summed E-state index contributed by atoms with van der Waals surface area (Å²) < 4.78 is 0. The molecule has 1 atom stereocenters. The number of hydrogen-bond donors (Lipinski definition) is 1. The van der Waals surface area contributed by atoms with Crippen molar-refractivity contribution in [2.45, 2.75) is 122 Å². The van der Waals surface area contributed by atoms with Crippen molar-refractivity contribution in [3.8, 4) is 0 Å². The Bertz CT molecular complexity index is 637. The van der Waals surface area contributed by atoms with Gasteiger partial charge in [-0.2, -0.15) is 0 Å². The minimum absolute atomic E-state index is 0.0455. The Morgan fingerprint density at radius 2 is 1.62 bits per heavy atom. The molecule has 2 aliphatic heterocycles. The van der Waals surface area contributed by atoms with E-state index in [0.29, 0.717) is 29.4 Å². The highest BCUT2D eigenvalue weighted by Gasteiger charge is 2.45. The van der Waals surface area contributed by atoms with Gasteiger partial charge in [-0.15, -0.1) is 0 Å². The maximum absolute atomic E-state index is 14.0. The van der Waals surface area contributed by atoms with Gasteiger partial charge in [-0.25, -0.2) is 0 Å². The van der Waals surface area contributed by atoms with Crippen LogP contribution in [0, 0.1) is 17.8 Å². The zero-order valence-corrected chi connectivity index (χ0v) is 20.7. The van der Waals surface area contributed by atoms with E-state index in [1.807, 2.05) is 0 Å². The normalized spacial score (nSPS) is 25.4. The summed E-state index contributed by atoms with van der Waals surface area (Å²) in [6.45, 7) is 5.99. The van der Waals surface area contributed by atoms with E-state index in [1.165, 1.54) is 32.1 Å². The summed E-state index contributed by atoms with van der Waals surface area (Å²) >= 11 is 0. The molecule has 0 bridgehead atoms. The first-order chi connectivity index (χ1) is 15.5. The summed E-state index contributed by atoms with van der Waals surface area (Å²) in [6, 6.07) is 0. The van der Waals surface area contributed by atoms with Crippen LogP contribution in [0.15, 0.2) is 4.99 Å². The lowest BCUT2D eigenvalue weighted by Crippen LogP contribution is -2.46. The number of Topliss-reactive ketones (excluding diaryl/α,β-unsaturated/α-hetero) is 1. The molecule has 182 valence electrons. The first kappa shape index (κ1) is 25.2. The standard InChI is InChI=1S/C27H47N3O2/c1-3-5-16-27(17-6-4-2)26(32)23(12-13-24(28)29-27)22-14-18-30(19-15-22)25(31)20-21-10-8-7-9-11-21/h21-23H,3-20H2,1-2H3,(H2,28,29). The topological polar surface area (TPSA) is 75.8 Å². The Hall–Kier alpha value is -1.39. The van der Waals surface area contributed by atoms with Crippen molar-refractivity contribution < 1.29 is 9.59 Å². The van der Waals surface area contributed by atoms with Crippen LogP contribution < -0.4 is 5.73 Å². The summed E-state index contributed by atoms with van der Waals surface area (Å²) in [5.74, 6) is 2.37. The molecule has 3 aliphatic rings. The molecular weight excluding hydrogens is 398 g/mol. The van der Waals surface area contributed by atoms with Crippen molar-refractivity contribution in [3.05, 3.63) is 0 Å². The van der Waals surface area contributed by atoms with Crippen LogP contribution in [0.3, 0.4) is 0 Å².